The monoisotopic (exact) mass is 307 g/mol. The maximum absolute atomic E-state index is 3.36. The van der Waals surface area contributed by atoms with Gasteiger partial charge in [-0.15, -0.1) is 11.3 Å². The molecule has 1 aromatic heterocycles. The summed E-state index contributed by atoms with van der Waals surface area (Å²) in [5.41, 5.74) is 0.921. The molecule has 1 aliphatic carbocycles. The van der Waals surface area contributed by atoms with E-state index in [4.69, 9.17) is 0 Å². The number of nitrogens with one attached hydrogen (secondary N) is 1. The number of thiophene rings is 1. The summed E-state index contributed by atoms with van der Waals surface area (Å²) in [4.78, 5) is 3.12. The van der Waals surface area contributed by atoms with Crippen LogP contribution >= 0.6 is 11.3 Å². The van der Waals surface area contributed by atoms with Crippen LogP contribution in [0.3, 0.4) is 0 Å². The molecule has 2 rings (SSSR count). The first-order chi connectivity index (χ1) is 9.95. The highest BCUT2D eigenvalue weighted by atomic mass is 32.1. The summed E-state index contributed by atoms with van der Waals surface area (Å²) < 4.78 is 0. The summed E-state index contributed by atoms with van der Waals surface area (Å²) >= 11 is 2.04. The summed E-state index contributed by atoms with van der Waals surface area (Å²) in [6.07, 6.45) is 11.3. The van der Waals surface area contributed by atoms with Crippen LogP contribution in [-0.4, -0.2) is 13.6 Å². The largest absolute Gasteiger partial charge is 0.320 e. The number of aryl methyl sites for hydroxylation is 1. The Morgan fingerprint density at radius 2 is 1.81 bits per heavy atom. The van der Waals surface area contributed by atoms with E-state index < -0.39 is 0 Å². The molecule has 0 saturated heterocycles. The maximum atomic E-state index is 3.36. The van der Waals surface area contributed by atoms with E-state index >= 15 is 0 Å². The van der Waals surface area contributed by atoms with Crippen LogP contribution in [0.4, 0.5) is 0 Å². The Labute approximate surface area is 135 Å². The number of hydrogen-bond acceptors (Lipinski definition) is 2. The van der Waals surface area contributed by atoms with Gasteiger partial charge in [0.05, 0.1) is 0 Å². The zero-order valence-electron chi connectivity index (χ0n) is 14.4. The highest BCUT2D eigenvalue weighted by Crippen LogP contribution is 2.43. The zero-order valence-corrected chi connectivity index (χ0v) is 15.2. The summed E-state index contributed by atoms with van der Waals surface area (Å²) in [5.74, 6) is 0. The van der Waals surface area contributed by atoms with Crippen molar-refractivity contribution in [3.63, 3.8) is 0 Å². The Kier molecular flexibility index (Phi) is 5.90. The highest BCUT2D eigenvalue weighted by Gasteiger charge is 2.31. The molecule has 0 atom stereocenters. The third kappa shape index (κ3) is 4.82. The lowest BCUT2D eigenvalue weighted by atomic mass is 9.69. The van der Waals surface area contributed by atoms with Gasteiger partial charge in [-0.2, -0.15) is 0 Å². The molecular weight excluding hydrogens is 274 g/mol. The van der Waals surface area contributed by atoms with Crippen molar-refractivity contribution in [2.45, 2.75) is 77.6 Å². The Balaban J connectivity index is 1.96. The first kappa shape index (κ1) is 17.0. The zero-order chi connectivity index (χ0) is 15.3. The lowest BCUT2D eigenvalue weighted by molar-refractivity contribution is 0.158. The Morgan fingerprint density at radius 3 is 2.38 bits per heavy atom. The molecule has 2 heteroatoms. The SMILES string of the molecule is CNCCC1(CCc2ccc(C(C)(C)C)s2)CCCCC1. The van der Waals surface area contributed by atoms with Crippen LogP contribution in [-0.2, 0) is 11.8 Å². The Hall–Kier alpha value is -0.340. The van der Waals surface area contributed by atoms with Gasteiger partial charge in [0, 0.05) is 9.75 Å². The Morgan fingerprint density at radius 1 is 1.10 bits per heavy atom. The molecule has 0 bridgehead atoms. The molecule has 1 N–H and O–H groups in total. The molecule has 0 aromatic carbocycles. The van der Waals surface area contributed by atoms with Gasteiger partial charge in [-0.3, -0.25) is 0 Å². The normalized spacial score (nSPS) is 18.9. The van der Waals surface area contributed by atoms with Gasteiger partial charge in [0.15, 0.2) is 0 Å². The topological polar surface area (TPSA) is 12.0 Å². The van der Waals surface area contributed by atoms with Crippen molar-refractivity contribution in [3.05, 3.63) is 21.9 Å². The van der Waals surface area contributed by atoms with Gasteiger partial charge in [0.25, 0.3) is 0 Å². The minimum absolute atomic E-state index is 0.303. The molecule has 0 radical (unpaired) electrons. The second-order valence-corrected chi connectivity index (χ2v) is 9.10. The standard InChI is InChI=1S/C19H33NS/c1-18(2,3)17-9-8-16(21-17)10-13-19(14-15-20-4)11-6-5-7-12-19/h8-9,20H,5-7,10-15H2,1-4H3. The molecule has 1 nitrogen and oxygen atoms in total. The smallest absolute Gasteiger partial charge is 0.0102 e. The van der Waals surface area contributed by atoms with E-state index in [-0.39, 0.29) is 0 Å². The first-order valence-corrected chi connectivity index (χ1v) is 9.51. The quantitative estimate of drug-likeness (QED) is 0.727. The van der Waals surface area contributed by atoms with E-state index in [0.29, 0.717) is 10.8 Å². The molecule has 21 heavy (non-hydrogen) atoms. The van der Waals surface area contributed by atoms with Crippen molar-refractivity contribution >= 4 is 11.3 Å². The van der Waals surface area contributed by atoms with E-state index in [1.54, 1.807) is 4.88 Å². The van der Waals surface area contributed by atoms with Crippen LogP contribution in [0.2, 0.25) is 0 Å². The Bertz CT molecular complexity index is 421. The van der Waals surface area contributed by atoms with Crippen LogP contribution in [0, 0.1) is 5.41 Å². The van der Waals surface area contributed by atoms with Crippen LogP contribution in [0.1, 0.15) is 75.5 Å². The molecule has 1 saturated carbocycles. The molecule has 1 heterocycles. The second kappa shape index (κ2) is 7.28. The van der Waals surface area contributed by atoms with Crippen molar-refractivity contribution < 1.29 is 0 Å². The van der Waals surface area contributed by atoms with E-state index in [9.17, 15) is 0 Å². The lowest BCUT2D eigenvalue weighted by Gasteiger charge is -2.37. The van der Waals surface area contributed by atoms with Gasteiger partial charge in [-0.05, 0) is 68.7 Å². The van der Waals surface area contributed by atoms with Crippen molar-refractivity contribution in [1.29, 1.82) is 0 Å². The number of rotatable bonds is 6. The predicted octanol–water partition coefficient (Wildman–Crippen LogP) is 5.54. The van der Waals surface area contributed by atoms with Gasteiger partial charge < -0.3 is 5.32 Å². The van der Waals surface area contributed by atoms with Crippen molar-refractivity contribution in [2.24, 2.45) is 5.41 Å². The van der Waals surface area contributed by atoms with Crippen molar-refractivity contribution in [3.8, 4) is 0 Å². The van der Waals surface area contributed by atoms with Crippen LogP contribution < -0.4 is 5.32 Å². The molecule has 0 spiro atoms. The van der Waals surface area contributed by atoms with E-state index in [0.717, 1.165) is 0 Å². The average molecular weight is 308 g/mol. The van der Waals surface area contributed by atoms with Gasteiger partial charge in [-0.1, -0.05) is 40.0 Å². The molecular formula is C19H33NS. The second-order valence-electron chi connectivity index (χ2n) is 7.93. The molecule has 0 aliphatic heterocycles. The molecule has 120 valence electrons. The summed E-state index contributed by atoms with van der Waals surface area (Å²) in [6.45, 7) is 8.13. The molecule has 1 aromatic rings. The average Bonchev–Trinajstić information content (AvgIpc) is 2.93. The third-order valence-corrected chi connectivity index (χ3v) is 6.69. The maximum Gasteiger partial charge on any atom is 0.0102 e. The molecule has 0 unspecified atom stereocenters. The van der Waals surface area contributed by atoms with E-state index in [1.807, 2.05) is 11.3 Å². The molecule has 1 aliphatic rings. The van der Waals surface area contributed by atoms with Crippen molar-refractivity contribution in [1.82, 2.24) is 5.32 Å². The van der Waals surface area contributed by atoms with Gasteiger partial charge >= 0.3 is 0 Å². The van der Waals surface area contributed by atoms with Gasteiger partial charge in [0.2, 0.25) is 0 Å². The highest BCUT2D eigenvalue weighted by molar-refractivity contribution is 7.12. The van der Waals surface area contributed by atoms with Crippen LogP contribution in [0.15, 0.2) is 12.1 Å². The number of hydrogen-bond donors (Lipinski definition) is 1. The fourth-order valence-electron chi connectivity index (χ4n) is 3.62. The first-order valence-electron chi connectivity index (χ1n) is 8.69. The summed E-state index contributed by atoms with van der Waals surface area (Å²) in [6, 6.07) is 4.72. The lowest BCUT2D eigenvalue weighted by Crippen LogP contribution is -2.28. The van der Waals surface area contributed by atoms with Crippen LogP contribution in [0.5, 0.6) is 0 Å². The third-order valence-electron chi connectivity index (χ3n) is 5.12. The summed E-state index contributed by atoms with van der Waals surface area (Å²) in [7, 11) is 2.09. The van der Waals surface area contributed by atoms with Gasteiger partial charge in [0.1, 0.15) is 0 Å². The van der Waals surface area contributed by atoms with Crippen molar-refractivity contribution in [2.75, 3.05) is 13.6 Å². The van der Waals surface area contributed by atoms with E-state index in [2.05, 4.69) is 45.3 Å². The van der Waals surface area contributed by atoms with E-state index in [1.165, 1.54) is 62.8 Å². The molecule has 0 amide bonds. The minimum Gasteiger partial charge on any atom is -0.320 e. The molecule has 1 fully saturated rings. The minimum atomic E-state index is 0.303. The van der Waals surface area contributed by atoms with Gasteiger partial charge in [-0.25, -0.2) is 0 Å². The fourth-order valence-corrected chi connectivity index (χ4v) is 4.69. The predicted molar refractivity (Wildman–Crippen MR) is 95.4 cm³/mol. The summed E-state index contributed by atoms with van der Waals surface area (Å²) in [5, 5.41) is 3.36. The fraction of sp³-hybridized carbons (Fsp3) is 0.789. The van der Waals surface area contributed by atoms with Crippen LogP contribution in [0.25, 0.3) is 0 Å².